The van der Waals surface area contributed by atoms with Crippen molar-refractivity contribution in [1.82, 2.24) is 4.98 Å². The van der Waals surface area contributed by atoms with E-state index >= 15 is 0 Å². The topological polar surface area (TPSA) is 53.4 Å². The number of anilines is 1. The number of halogens is 1. The fourth-order valence-corrected chi connectivity index (χ4v) is 3.02. The van der Waals surface area contributed by atoms with Gasteiger partial charge in [0.15, 0.2) is 0 Å². The lowest BCUT2D eigenvalue weighted by Gasteiger charge is -2.27. The molecule has 21 heavy (non-hydrogen) atoms. The van der Waals surface area contributed by atoms with Gasteiger partial charge in [-0.05, 0) is 24.5 Å². The van der Waals surface area contributed by atoms with E-state index in [9.17, 15) is 9.90 Å². The van der Waals surface area contributed by atoms with Crippen molar-refractivity contribution in [2.45, 2.75) is 18.9 Å². The molecule has 1 atom stereocenters. The lowest BCUT2D eigenvalue weighted by Crippen LogP contribution is -2.25. The molecule has 0 radical (unpaired) electrons. The second-order valence-electron chi connectivity index (χ2n) is 5.09. The third-order valence-corrected chi connectivity index (χ3v) is 3.98. The van der Waals surface area contributed by atoms with Crippen LogP contribution in [0.4, 0.5) is 5.82 Å². The van der Waals surface area contributed by atoms with Gasteiger partial charge in [-0.25, -0.2) is 9.78 Å². The summed E-state index contributed by atoms with van der Waals surface area (Å²) in [6.45, 7) is 0.800. The maximum Gasteiger partial charge on any atom is 0.339 e. The van der Waals surface area contributed by atoms with E-state index in [1.165, 1.54) is 17.8 Å². The molecular weight excluding hydrogens is 288 g/mol. The number of nitrogens with zero attached hydrogens (tertiary/aromatic N) is 2. The van der Waals surface area contributed by atoms with Gasteiger partial charge >= 0.3 is 5.97 Å². The van der Waals surface area contributed by atoms with Crippen LogP contribution < -0.4 is 4.90 Å². The van der Waals surface area contributed by atoms with Crippen LogP contribution in [0.2, 0.25) is 5.02 Å². The summed E-state index contributed by atoms with van der Waals surface area (Å²) in [5.41, 5.74) is 1.34. The largest absolute Gasteiger partial charge is 0.478 e. The molecule has 1 N–H and O–H groups in total. The van der Waals surface area contributed by atoms with Crippen molar-refractivity contribution < 1.29 is 9.90 Å². The Morgan fingerprint density at radius 1 is 1.33 bits per heavy atom. The summed E-state index contributed by atoms with van der Waals surface area (Å²) in [7, 11) is 0. The van der Waals surface area contributed by atoms with Crippen molar-refractivity contribution in [2.75, 3.05) is 11.4 Å². The van der Waals surface area contributed by atoms with Gasteiger partial charge in [-0.1, -0.05) is 41.9 Å². The van der Waals surface area contributed by atoms with E-state index in [-0.39, 0.29) is 11.6 Å². The summed E-state index contributed by atoms with van der Waals surface area (Å²) in [6.07, 6.45) is 3.51. The third-order valence-electron chi connectivity index (χ3n) is 3.77. The van der Waals surface area contributed by atoms with Crippen molar-refractivity contribution in [3.05, 3.63) is 58.7 Å². The van der Waals surface area contributed by atoms with Crippen molar-refractivity contribution in [3.63, 3.8) is 0 Å². The first-order valence-corrected chi connectivity index (χ1v) is 7.25. The van der Waals surface area contributed by atoms with Gasteiger partial charge in [-0.2, -0.15) is 0 Å². The zero-order valence-corrected chi connectivity index (χ0v) is 12.1. The number of rotatable bonds is 3. The predicted octanol–water partition coefficient (Wildman–Crippen LogP) is 3.77. The number of hydrogen-bond acceptors (Lipinski definition) is 3. The quantitative estimate of drug-likeness (QED) is 0.937. The standard InChI is InChI=1S/C16H15ClN2O2/c17-12-9-13(16(20)21)15(18-10-12)19-8-4-7-14(19)11-5-2-1-3-6-11/h1-3,5-6,9-10,14H,4,7-8H2,(H,20,21). The van der Waals surface area contributed by atoms with E-state index in [0.717, 1.165) is 19.4 Å². The summed E-state index contributed by atoms with van der Waals surface area (Å²) < 4.78 is 0. The molecule has 2 aromatic rings. The molecule has 0 amide bonds. The van der Waals surface area contributed by atoms with Crippen LogP contribution in [0.15, 0.2) is 42.6 Å². The van der Waals surface area contributed by atoms with Crippen LogP contribution in [0.1, 0.15) is 34.8 Å². The fourth-order valence-electron chi connectivity index (χ4n) is 2.86. The Morgan fingerprint density at radius 2 is 2.10 bits per heavy atom. The molecule has 0 spiro atoms. The minimum absolute atomic E-state index is 0.158. The van der Waals surface area contributed by atoms with E-state index in [1.807, 2.05) is 18.2 Å². The smallest absolute Gasteiger partial charge is 0.339 e. The Hall–Kier alpha value is -2.07. The molecule has 1 unspecified atom stereocenters. The second-order valence-corrected chi connectivity index (χ2v) is 5.53. The summed E-state index contributed by atoms with van der Waals surface area (Å²) in [5, 5.41) is 9.72. The molecular formula is C16H15ClN2O2. The summed E-state index contributed by atoms with van der Waals surface area (Å²) in [6, 6.07) is 11.7. The van der Waals surface area contributed by atoms with Crippen LogP contribution in [-0.2, 0) is 0 Å². The number of hydrogen-bond donors (Lipinski definition) is 1. The molecule has 0 aliphatic carbocycles. The molecule has 0 saturated carbocycles. The van der Waals surface area contributed by atoms with E-state index < -0.39 is 5.97 Å². The first-order valence-electron chi connectivity index (χ1n) is 6.87. The molecule has 108 valence electrons. The van der Waals surface area contributed by atoms with Crippen molar-refractivity contribution in [2.24, 2.45) is 0 Å². The Kier molecular flexibility index (Phi) is 3.80. The summed E-state index contributed by atoms with van der Waals surface area (Å²) in [5.74, 6) is -0.503. The zero-order valence-electron chi connectivity index (χ0n) is 11.4. The zero-order chi connectivity index (χ0) is 14.8. The highest BCUT2D eigenvalue weighted by atomic mass is 35.5. The monoisotopic (exact) mass is 302 g/mol. The maximum absolute atomic E-state index is 11.4. The average molecular weight is 303 g/mol. The van der Waals surface area contributed by atoms with Crippen LogP contribution >= 0.6 is 11.6 Å². The molecule has 0 bridgehead atoms. The van der Waals surface area contributed by atoms with Crippen LogP contribution in [0.25, 0.3) is 0 Å². The first kappa shape index (κ1) is 13.9. The molecule has 4 nitrogen and oxygen atoms in total. The number of aromatic carboxylic acids is 1. The number of pyridine rings is 1. The SMILES string of the molecule is O=C(O)c1cc(Cl)cnc1N1CCCC1c1ccccc1. The Balaban J connectivity index is 2.01. The predicted molar refractivity (Wildman–Crippen MR) is 82.0 cm³/mol. The van der Waals surface area contributed by atoms with Gasteiger partial charge in [0.25, 0.3) is 0 Å². The molecule has 1 aromatic carbocycles. The number of carboxylic acid groups (broad SMARTS) is 1. The van der Waals surface area contributed by atoms with Crippen molar-refractivity contribution >= 4 is 23.4 Å². The highest BCUT2D eigenvalue weighted by Crippen LogP contribution is 2.37. The molecule has 2 heterocycles. The fraction of sp³-hybridized carbons (Fsp3) is 0.250. The molecule has 3 rings (SSSR count). The molecule has 1 saturated heterocycles. The lowest BCUT2D eigenvalue weighted by atomic mass is 10.0. The number of carbonyl (C=O) groups is 1. The highest BCUT2D eigenvalue weighted by molar-refractivity contribution is 6.30. The summed E-state index contributed by atoms with van der Waals surface area (Å²) in [4.78, 5) is 17.8. The van der Waals surface area contributed by atoms with Gasteiger partial charge in [0.2, 0.25) is 0 Å². The van der Waals surface area contributed by atoms with E-state index in [1.54, 1.807) is 0 Å². The van der Waals surface area contributed by atoms with E-state index in [2.05, 4.69) is 22.0 Å². The second kappa shape index (κ2) is 5.74. The van der Waals surface area contributed by atoms with E-state index in [0.29, 0.717) is 10.8 Å². The van der Waals surface area contributed by atoms with Gasteiger partial charge in [0.1, 0.15) is 11.4 Å². The molecule has 1 aliphatic rings. The molecule has 1 aliphatic heterocycles. The maximum atomic E-state index is 11.4. The lowest BCUT2D eigenvalue weighted by molar-refractivity contribution is 0.0697. The van der Waals surface area contributed by atoms with Gasteiger partial charge in [0, 0.05) is 12.7 Å². The first-order chi connectivity index (χ1) is 10.2. The van der Waals surface area contributed by atoms with Crippen LogP contribution in [0.5, 0.6) is 0 Å². The van der Waals surface area contributed by atoms with Crippen LogP contribution in [0, 0.1) is 0 Å². The van der Waals surface area contributed by atoms with Crippen molar-refractivity contribution in [1.29, 1.82) is 0 Å². The van der Waals surface area contributed by atoms with Crippen molar-refractivity contribution in [3.8, 4) is 0 Å². The number of aromatic nitrogens is 1. The highest BCUT2D eigenvalue weighted by Gasteiger charge is 2.30. The summed E-state index contributed by atoms with van der Waals surface area (Å²) >= 11 is 5.88. The average Bonchev–Trinajstić information content (AvgIpc) is 2.97. The number of benzene rings is 1. The molecule has 1 fully saturated rings. The molecule has 5 heteroatoms. The van der Waals surface area contributed by atoms with Gasteiger partial charge in [0.05, 0.1) is 11.1 Å². The van der Waals surface area contributed by atoms with Gasteiger partial charge in [-0.15, -0.1) is 0 Å². The minimum Gasteiger partial charge on any atom is -0.478 e. The third kappa shape index (κ3) is 2.72. The van der Waals surface area contributed by atoms with Crippen LogP contribution in [0.3, 0.4) is 0 Å². The number of carboxylic acids is 1. The van der Waals surface area contributed by atoms with Gasteiger partial charge in [-0.3, -0.25) is 0 Å². The Morgan fingerprint density at radius 3 is 2.81 bits per heavy atom. The Labute approximate surface area is 128 Å². The van der Waals surface area contributed by atoms with Gasteiger partial charge < -0.3 is 10.0 Å². The van der Waals surface area contributed by atoms with E-state index in [4.69, 9.17) is 11.6 Å². The normalized spacial score (nSPS) is 18.0. The Bertz CT molecular complexity index is 661. The minimum atomic E-state index is -1.00. The molecule has 1 aromatic heterocycles. The van der Waals surface area contributed by atoms with Crippen LogP contribution in [-0.4, -0.2) is 22.6 Å².